The zero-order valence-electron chi connectivity index (χ0n) is 12.4. The van der Waals surface area contributed by atoms with Crippen LogP contribution in [0.15, 0.2) is 30.3 Å². The third kappa shape index (κ3) is 4.91. The molecular formula is C15H20N2O4. The Labute approximate surface area is 123 Å². The number of carboxylic acid groups (broad SMARTS) is 1. The van der Waals surface area contributed by atoms with E-state index in [1.807, 2.05) is 6.07 Å². The third-order valence-corrected chi connectivity index (χ3v) is 3.34. The number of carbonyl (C=O) groups excluding carboxylic acids is 2. The van der Waals surface area contributed by atoms with Gasteiger partial charge >= 0.3 is 5.97 Å². The smallest absolute Gasteiger partial charge is 0.307 e. The van der Waals surface area contributed by atoms with E-state index in [2.05, 4.69) is 5.32 Å². The fourth-order valence-corrected chi connectivity index (χ4v) is 1.79. The van der Waals surface area contributed by atoms with Crippen LogP contribution in [0.2, 0.25) is 0 Å². The maximum Gasteiger partial charge on any atom is 0.307 e. The van der Waals surface area contributed by atoms with Crippen LogP contribution in [0.1, 0.15) is 13.8 Å². The van der Waals surface area contributed by atoms with Crippen LogP contribution in [-0.4, -0.2) is 41.4 Å². The van der Waals surface area contributed by atoms with E-state index in [0.29, 0.717) is 5.69 Å². The van der Waals surface area contributed by atoms with Gasteiger partial charge in [0.1, 0.15) is 0 Å². The molecule has 0 radical (unpaired) electrons. The molecule has 2 unspecified atom stereocenters. The molecule has 2 atom stereocenters. The number of rotatable bonds is 6. The van der Waals surface area contributed by atoms with Crippen LogP contribution >= 0.6 is 0 Å². The molecule has 114 valence electrons. The first-order valence-electron chi connectivity index (χ1n) is 6.65. The largest absolute Gasteiger partial charge is 0.481 e. The van der Waals surface area contributed by atoms with Gasteiger partial charge in [-0.2, -0.15) is 0 Å². The number of anilines is 1. The predicted molar refractivity (Wildman–Crippen MR) is 78.7 cm³/mol. The van der Waals surface area contributed by atoms with Crippen molar-refractivity contribution in [2.24, 2.45) is 11.8 Å². The zero-order chi connectivity index (χ0) is 16.0. The molecule has 0 saturated carbocycles. The minimum absolute atomic E-state index is 0.121. The summed E-state index contributed by atoms with van der Waals surface area (Å²) in [5.74, 6) is -3.20. The summed E-state index contributed by atoms with van der Waals surface area (Å²) in [6, 6.07) is 8.91. The first kappa shape index (κ1) is 16.7. The predicted octanol–water partition coefficient (Wildman–Crippen LogP) is 1.44. The molecule has 0 bridgehead atoms. The summed E-state index contributed by atoms with van der Waals surface area (Å²) in [5.41, 5.74) is 0.648. The van der Waals surface area contributed by atoms with E-state index in [1.165, 1.54) is 18.9 Å². The molecule has 0 saturated heterocycles. The fraction of sp³-hybridized carbons (Fsp3) is 0.400. The summed E-state index contributed by atoms with van der Waals surface area (Å²) < 4.78 is 0. The van der Waals surface area contributed by atoms with Crippen LogP contribution in [0.25, 0.3) is 0 Å². The number of nitrogens with one attached hydrogen (secondary N) is 1. The Kier molecular flexibility index (Phi) is 5.90. The highest BCUT2D eigenvalue weighted by atomic mass is 16.4. The van der Waals surface area contributed by atoms with Gasteiger partial charge in [-0.3, -0.25) is 14.4 Å². The summed E-state index contributed by atoms with van der Waals surface area (Å²) in [4.78, 5) is 36.0. The molecule has 21 heavy (non-hydrogen) atoms. The second-order valence-corrected chi connectivity index (χ2v) is 5.02. The minimum atomic E-state index is -1.03. The van der Waals surface area contributed by atoms with Crippen molar-refractivity contribution in [1.82, 2.24) is 4.90 Å². The Morgan fingerprint density at radius 1 is 1.14 bits per heavy atom. The molecule has 1 aromatic rings. The van der Waals surface area contributed by atoms with E-state index in [4.69, 9.17) is 5.11 Å². The van der Waals surface area contributed by atoms with Crippen molar-refractivity contribution in [2.75, 3.05) is 18.9 Å². The Hall–Kier alpha value is -2.37. The van der Waals surface area contributed by atoms with Gasteiger partial charge in [-0.25, -0.2) is 0 Å². The third-order valence-electron chi connectivity index (χ3n) is 3.34. The molecule has 2 N–H and O–H groups in total. The first-order valence-corrected chi connectivity index (χ1v) is 6.65. The van der Waals surface area contributed by atoms with Crippen molar-refractivity contribution in [3.05, 3.63) is 30.3 Å². The van der Waals surface area contributed by atoms with Gasteiger partial charge in [0.05, 0.1) is 12.5 Å². The number of carbonyl (C=O) groups is 3. The lowest BCUT2D eigenvalue weighted by atomic mass is 9.95. The van der Waals surface area contributed by atoms with Gasteiger partial charge in [0.25, 0.3) is 0 Å². The number of likely N-dealkylation sites (N-methyl/N-ethyl adjacent to an activating group) is 1. The number of carboxylic acids is 1. The van der Waals surface area contributed by atoms with E-state index >= 15 is 0 Å². The molecule has 1 rings (SSSR count). The molecule has 0 aromatic heterocycles. The van der Waals surface area contributed by atoms with Crippen LogP contribution < -0.4 is 5.32 Å². The quantitative estimate of drug-likeness (QED) is 0.830. The molecule has 0 spiro atoms. The lowest BCUT2D eigenvalue weighted by Gasteiger charge is -2.23. The summed E-state index contributed by atoms with van der Waals surface area (Å²) >= 11 is 0. The highest BCUT2D eigenvalue weighted by molar-refractivity contribution is 5.95. The average molecular weight is 292 g/mol. The number of hydrogen-bond acceptors (Lipinski definition) is 3. The molecule has 1 aromatic carbocycles. The number of nitrogens with zero attached hydrogens (tertiary/aromatic N) is 1. The molecule has 0 aliphatic rings. The van der Waals surface area contributed by atoms with Crippen molar-refractivity contribution < 1.29 is 19.5 Å². The fourth-order valence-electron chi connectivity index (χ4n) is 1.79. The first-order chi connectivity index (χ1) is 9.82. The van der Waals surface area contributed by atoms with Crippen molar-refractivity contribution in [3.63, 3.8) is 0 Å². The molecule has 0 heterocycles. The zero-order valence-corrected chi connectivity index (χ0v) is 12.4. The highest BCUT2D eigenvalue weighted by Gasteiger charge is 2.28. The molecule has 2 amide bonds. The molecular weight excluding hydrogens is 272 g/mol. The van der Waals surface area contributed by atoms with Crippen LogP contribution in [0.5, 0.6) is 0 Å². The molecule has 6 heteroatoms. The van der Waals surface area contributed by atoms with Crippen LogP contribution in [0.3, 0.4) is 0 Å². The van der Waals surface area contributed by atoms with E-state index in [-0.39, 0.29) is 18.4 Å². The van der Waals surface area contributed by atoms with Crippen molar-refractivity contribution >= 4 is 23.5 Å². The molecule has 0 aliphatic carbocycles. The molecule has 6 nitrogen and oxygen atoms in total. The minimum Gasteiger partial charge on any atom is -0.481 e. The highest BCUT2D eigenvalue weighted by Crippen LogP contribution is 2.14. The van der Waals surface area contributed by atoms with Crippen molar-refractivity contribution in [3.8, 4) is 0 Å². The van der Waals surface area contributed by atoms with Crippen LogP contribution in [0, 0.1) is 11.8 Å². The lowest BCUT2D eigenvalue weighted by molar-refractivity contribution is -0.148. The maximum atomic E-state index is 12.1. The van der Waals surface area contributed by atoms with Gasteiger partial charge in [0, 0.05) is 18.7 Å². The second kappa shape index (κ2) is 7.42. The number of benzene rings is 1. The van der Waals surface area contributed by atoms with E-state index in [1.54, 1.807) is 31.2 Å². The Morgan fingerprint density at radius 3 is 2.24 bits per heavy atom. The molecule has 0 fully saturated rings. The molecule has 0 aliphatic heterocycles. The van der Waals surface area contributed by atoms with Gasteiger partial charge in [0.15, 0.2) is 0 Å². The second-order valence-electron chi connectivity index (χ2n) is 5.02. The number of amides is 2. The van der Waals surface area contributed by atoms with Crippen LogP contribution in [-0.2, 0) is 14.4 Å². The number of aliphatic carboxylic acids is 1. The Bertz CT molecular complexity index is 516. The topological polar surface area (TPSA) is 86.7 Å². The average Bonchev–Trinajstić information content (AvgIpc) is 2.45. The van der Waals surface area contributed by atoms with Gasteiger partial charge in [-0.1, -0.05) is 32.0 Å². The van der Waals surface area contributed by atoms with Crippen molar-refractivity contribution in [1.29, 1.82) is 0 Å². The SMILES string of the molecule is CC(C(=O)O)C(C)C(=O)N(C)CC(=O)Nc1ccccc1. The van der Waals surface area contributed by atoms with E-state index in [0.717, 1.165) is 0 Å². The Balaban J connectivity index is 2.56. The lowest BCUT2D eigenvalue weighted by Crippen LogP contribution is -2.40. The van der Waals surface area contributed by atoms with Crippen LogP contribution in [0.4, 0.5) is 5.69 Å². The summed E-state index contributed by atoms with van der Waals surface area (Å²) in [6.07, 6.45) is 0. The summed E-state index contributed by atoms with van der Waals surface area (Å²) in [6.45, 7) is 2.90. The normalized spacial score (nSPS) is 13.1. The monoisotopic (exact) mass is 292 g/mol. The van der Waals surface area contributed by atoms with Gasteiger partial charge < -0.3 is 15.3 Å². The van der Waals surface area contributed by atoms with E-state index < -0.39 is 17.8 Å². The van der Waals surface area contributed by atoms with Gasteiger partial charge in [0.2, 0.25) is 11.8 Å². The van der Waals surface area contributed by atoms with Crippen molar-refractivity contribution in [2.45, 2.75) is 13.8 Å². The Morgan fingerprint density at radius 2 is 1.71 bits per heavy atom. The number of hydrogen-bond donors (Lipinski definition) is 2. The summed E-state index contributed by atoms with van der Waals surface area (Å²) in [5, 5.41) is 11.6. The van der Waals surface area contributed by atoms with Gasteiger partial charge in [-0.15, -0.1) is 0 Å². The standard InChI is InChI=1S/C15H20N2O4/c1-10(11(2)15(20)21)14(19)17(3)9-13(18)16-12-7-5-4-6-8-12/h4-8,10-11H,9H2,1-3H3,(H,16,18)(H,20,21). The maximum absolute atomic E-state index is 12.1. The van der Waals surface area contributed by atoms with E-state index in [9.17, 15) is 14.4 Å². The van der Waals surface area contributed by atoms with Gasteiger partial charge in [-0.05, 0) is 12.1 Å². The summed E-state index contributed by atoms with van der Waals surface area (Å²) in [7, 11) is 1.48. The number of para-hydroxylation sites is 1.